The Balaban J connectivity index is 2.44. The zero-order valence-corrected chi connectivity index (χ0v) is 5.00. The van der Waals surface area contributed by atoms with Crippen molar-refractivity contribution in [2.24, 2.45) is 10.7 Å². The zero-order chi connectivity index (χ0) is 6.69. The highest BCUT2D eigenvalue weighted by atomic mass is 16.1. The molecule has 1 rings (SSSR count). The SMILES string of the molecule is NC(=O)C1CC=NCN1. The van der Waals surface area contributed by atoms with E-state index in [2.05, 4.69) is 10.3 Å². The highest BCUT2D eigenvalue weighted by molar-refractivity contribution is 5.83. The molecule has 4 nitrogen and oxygen atoms in total. The van der Waals surface area contributed by atoms with E-state index in [0.717, 1.165) is 0 Å². The van der Waals surface area contributed by atoms with Gasteiger partial charge in [-0.3, -0.25) is 15.1 Å². The van der Waals surface area contributed by atoms with E-state index in [1.54, 1.807) is 6.21 Å². The maximum Gasteiger partial charge on any atom is 0.234 e. The van der Waals surface area contributed by atoms with Crippen LogP contribution in [0.5, 0.6) is 0 Å². The molecule has 1 aliphatic heterocycles. The molecule has 9 heavy (non-hydrogen) atoms. The van der Waals surface area contributed by atoms with Crippen LogP contribution in [-0.4, -0.2) is 24.8 Å². The second-order valence-electron chi connectivity index (χ2n) is 1.92. The molecule has 0 spiro atoms. The Hall–Kier alpha value is -0.900. The topological polar surface area (TPSA) is 67.5 Å². The fourth-order valence-electron chi connectivity index (χ4n) is 0.707. The summed E-state index contributed by atoms with van der Waals surface area (Å²) in [7, 11) is 0. The molecule has 0 aromatic carbocycles. The first kappa shape index (κ1) is 6.22. The quantitative estimate of drug-likeness (QED) is 0.467. The van der Waals surface area contributed by atoms with Crippen LogP contribution in [0.25, 0.3) is 0 Å². The highest BCUT2D eigenvalue weighted by Gasteiger charge is 2.13. The van der Waals surface area contributed by atoms with Crippen LogP contribution >= 0.6 is 0 Å². The van der Waals surface area contributed by atoms with Gasteiger partial charge in [0.1, 0.15) is 0 Å². The molecule has 0 bridgehead atoms. The van der Waals surface area contributed by atoms with Gasteiger partial charge < -0.3 is 5.73 Å². The van der Waals surface area contributed by atoms with Gasteiger partial charge in [0.2, 0.25) is 5.91 Å². The van der Waals surface area contributed by atoms with E-state index in [9.17, 15) is 4.79 Å². The summed E-state index contributed by atoms with van der Waals surface area (Å²) in [5.74, 6) is -0.304. The van der Waals surface area contributed by atoms with Gasteiger partial charge in [-0.25, -0.2) is 0 Å². The predicted octanol–water partition coefficient (Wildman–Crippen LogP) is -1.14. The van der Waals surface area contributed by atoms with E-state index in [1.807, 2.05) is 0 Å². The van der Waals surface area contributed by atoms with E-state index in [-0.39, 0.29) is 11.9 Å². The molecule has 0 radical (unpaired) electrons. The number of hydrogen-bond donors (Lipinski definition) is 2. The molecule has 4 heteroatoms. The van der Waals surface area contributed by atoms with Crippen molar-refractivity contribution in [3.63, 3.8) is 0 Å². The average molecular weight is 127 g/mol. The van der Waals surface area contributed by atoms with E-state index in [0.29, 0.717) is 13.1 Å². The Bertz CT molecular complexity index is 143. The van der Waals surface area contributed by atoms with Gasteiger partial charge in [0.05, 0.1) is 12.7 Å². The lowest BCUT2D eigenvalue weighted by Crippen LogP contribution is -2.43. The Kier molecular flexibility index (Phi) is 1.79. The third-order valence-corrected chi connectivity index (χ3v) is 1.24. The standard InChI is InChI=1S/C5H9N3O/c6-5(9)4-1-2-7-3-8-4/h2,4,8H,1,3H2,(H2,6,9). The highest BCUT2D eigenvalue weighted by Crippen LogP contribution is 1.91. The molecular formula is C5H9N3O. The minimum absolute atomic E-state index is 0.206. The average Bonchev–Trinajstić information content (AvgIpc) is 1.90. The number of rotatable bonds is 1. The first-order valence-electron chi connectivity index (χ1n) is 2.81. The predicted molar refractivity (Wildman–Crippen MR) is 34.1 cm³/mol. The molecule has 1 unspecified atom stereocenters. The van der Waals surface area contributed by atoms with Crippen molar-refractivity contribution in [3.8, 4) is 0 Å². The van der Waals surface area contributed by atoms with Gasteiger partial charge in [-0.05, 0) is 0 Å². The van der Waals surface area contributed by atoms with Crippen molar-refractivity contribution in [2.75, 3.05) is 6.67 Å². The molecular weight excluding hydrogens is 118 g/mol. The molecule has 0 saturated heterocycles. The van der Waals surface area contributed by atoms with Crippen LogP contribution in [0.4, 0.5) is 0 Å². The van der Waals surface area contributed by atoms with Crippen LogP contribution in [0.3, 0.4) is 0 Å². The molecule has 0 saturated carbocycles. The number of nitrogens with one attached hydrogen (secondary N) is 1. The Morgan fingerprint density at radius 2 is 2.67 bits per heavy atom. The number of nitrogens with zero attached hydrogens (tertiary/aromatic N) is 1. The Morgan fingerprint density at radius 1 is 1.89 bits per heavy atom. The Morgan fingerprint density at radius 3 is 3.00 bits per heavy atom. The second-order valence-corrected chi connectivity index (χ2v) is 1.92. The monoisotopic (exact) mass is 127 g/mol. The van der Waals surface area contributed by atoms with Crippen LogP contribution in [0.1, 0.15) is 6.42 Å². The van der Waals surface area contributed by atoms with Gasteiger partial charge in [-0.15, -0.1) is 0 Å². The van der Waals surface area contributed by atoms with Crippen molar-refractivity contribution >= 4 is 12.1 Å². The fraction of sp³-hybridized carbons (Fsp3) is 0.600. The maximum absolute atomic E-state index is 10.5. The van der Waals surface area contributed by atoms with Crippen molar-refractivity contribution in [1.82, 2.24) is 5.32 Å². The van der Waals surface area contributed by atoms with Crippen molar-refractivity contribution < 1.29 is 4.79 Å². The van der Waals surface area contributed by atoms with Gasteiger partial charge in [-0.2, -0.15) is 0 Å². The van der Waals surface area contributed by atoms with Crippen LogP contribution in [0.2, 0.25) is 0 Å². The zero-order valence-electron chi connectivity index (χ0n) is 5.00. The molecule has 1 aliphatic rings. The molecule has 1 heterocycles. The number of primary amides is 1. The lowest BCUT2D eigenvalue weighted by atomic mass is 10.2. The van der Waals surface area contributed by atoms with E-state index >= 15 is 0 Å². The van der Waals surface area contributed by atoms with Crippen LogP contribution in [0.15, 0.2) is 4.99 Å². The summed E-state index contributed by atoms with van der Waals surface area (Å²) in [6.45, 7) is 0.508. The minimum atomic E-state index is -0.304. The van der Waals surface area contributed by atoms with Gasteiger partial charge in [0.25, 0.3) is 0 Å². The fourth-order valence-corrected chi connectivity index (χ4v) is 0.707. The number of carbonyl (C=O) groups is 1. The summed E-state index contributed by atoms with van der Waals surface area (Å²) in [5, 5.41) is 2.85. The largest absolute Gasteiger partial charge is 0.368 e. The maximum atomic E-state index is 10.5. The molecule has 50 valence electrons. The minimum Gasteiger partial charge on any atom is -0.368 e. The summed E-state index contributed by atoms with van der Waals surface area (Å²) >= 11 is 0. The smallest absolute Gasteiger partial charge is 0.234 e. The van der Waals surface area contributed by atoms with Gasteiger partial charge in [0.15, 0.2) is 0 Å². The van der Waals surface area contributed by atoms with Crippen LogP contribution in [-0.2, 0) is 4.79 Å². The summed E-state index contributed by atoms with van der Waals surface area (Å²) in [6, 6.07) is -0.206. The third kappa shape index (κ3) is 1.50. The van der Waals surface area contributed by atoms with E-state index in [4.69, 9.17) is 5.73 Å². The third-order valence-electron chi connectivity index (χ3n) is 1.24. The van der Waals surface area contributed by atoms with Gasteiger partial charge >= 0.3 is 0 Å². The number of aliphatic imine (C=N–C) groups is 1. The summed E-state index contributed by atoms with van der Waals surface area (Å²) < 4.78 is 0. The number of amides is 1. The molecule has 1 amide bonds. The molecule has 0 aromatic heterocycles. The number of carbonyl (C=O) groups excluding carboxylic acids is 1. The Labute approximate surface area is 53.1 Å². The molecule has 0 aliphatic carbocycles. The van der Waals surface area contributed by atoms with Gasteiger partial charge in [-0.1, -0.05) is 0 Å². The normalized spacial score (nSPS) is 26.0. The van der Waals surface area contributed by atoms with Crippen molar-refractivity contribution in [2.45, 2.75) is 12.5 Å². The first-order valence-corrected chi connectivity index (χ1v) is 2.81. The van der Waals surface area contributed by atoms with Crippen molar-refractivity contribution in [3.05, 3.63) is 0 Å². The summed E-state index contributed by atoms with van der Waals surface area (Å²) in [6.07, 6.45) is 2.33. The van der Waals surface area contributed by atoms with Crippen molar-refractivity contribution in [1.29, 1.82) is 0 Å². The summed E-state index contributed by atoms with van der Waals surface area (Å²) in [5.41, 5.74) is 5.00. The number of hydrogen-bond acceptors (Lipinski definition) is 3. The van der Waals surface area contributed by atoms with E-state index < -0.39 is 0 Å². The molecule has 0 aromatic rings. The number of nitrogens with two attached hydrogens (primary N) is 1. The summed E-state index contributed by atoms with van der Waals surface area (Å²) in [4.78, 5) is 14.3. The first-order chi connectivity index (χ1) is 4.30. The second kappa shape index (κ2) is 2.59. The lowest BCUT2D eigenvalue weighted by molar-refractivity contribution is -0.119. The molecule has 0 fully saturated rings. The lowest BCUT2D eigenvalue weighted by Gasteiger charge is -2.14. The molecule has 1 atom stereocenters. The van der Waals surface area contributed by atoms with Gasteiger partial charge in [0, 0.05) is 12.6 Å². The molecule has 3 N–H and O–H groups in total. The van der Waals surface area contributed by atoms with Crippen LogP contribution in [0, 0.1) is 0 Å². The van der Waals surface area contributed by atoms with Crippen LogP contribution < -0.4 is 11.1 Å². The van der Waals surface area contributed by atoms with E-state index in [1.165, 1.54) is 0 Å².